The molecule has 1 aliphatic rings. The van der Waals surface area contributed by atoms with Gasteiger partial charge < -0.3 is 14.2 Å². The molecule has 7 heteroatoms. The van der Waals surface area contributed by atoms with Crippen LogP contribution in [0.15, 0.2) is 47.6 Å². The van der Waals surface area contributed by atoms with Gasteiger partial charge in [-0.05, 0) is 35.9 Å². The minimum atomic E-state index is -0.431. The number of carbonyl (C=O) groups excluding carboxylic acids is 1. The van der Waals surface area contributed by atoms with Gasteiger partial charge in [0.25, 0.3) is 5.91 Å². The highest BCUT2D eigenvalue weighted by molar-refractivity contribution is 5.83. The topological polar surface area (TPSA) is 92.9 Å². The molecule has 1 heterocycles. The van der Waals surface area contributed by atoms with Crippen LogP contribution in [0, 0.1) is 11.3 Å². The van der Waals surface area contributed by atoms with Crippen molar-refractivity contribution >= 4 is 12.1 Å². The van der Waals surface area contributed by atoms with Crippen molar-refractivity contribution < 1.29 is 19.0 Å². The first-order chi connectivity index (χ1) is 11.8. The number of benzene rings is 2. The van der Waals surface area contributed by atoms with Gasteiger partial charge in [-0.25, -0.2) is 5.43 Å². The van der Waals surface area contributed by atoms with Crippen LogP contribution in [-0.2, 0) is 4.79 Å². The molecule has 0 saturated carbocycles. The molecule has 3 rings (SSSR count). The lowest BCUT2D eigenvalue weighted by atomic mass is 10.2. The lowest BCUT2D eigenvalue weighted by Gasteiger charge is -2.06. The largest absolute Gasteiger partial charge is 0.482 e. The summed E-state index contributed by atoms with van der Waals surface area (Å²) in [5.41, 5.74) is 3.49. The number of rotatable bonds is 5. The van der Waals surface area contributed by atoms with Gasteiger partial charge in [0.2, 0.25) is 6.79 Å². The Balaban J connectivity index is 1.51. The Morgan fingerprint density at radius 2 is 2.12 bits per heavy atom. The number of nitriles is 1. The Hall–Kier alpha value is -3.53. The normalized spacial score (nSPS) is 12.0. The van der Waals surface area contributed by atoms with E-state index in [0.717, 1.165) is 5.56 Å². The molecule has 2 aromatic carbocycles. The fourth-order valence-corrected chi connectivity index (χ4v) is 2.03. The summed E-state index contributed by atoms with van der Waals surface area (Å²) >= 11 is 0. The second kappa shape index (κ2) is 7.15. The number of ether oxygens (including phenoxy) is 3. The van der Waals surface area contributed by atoms with Crippen LogP contribution >= 0.6 is 0 Å². The Labute approximate surface area is 138 Å². The lowest BCUT2D eigenvalue weighted by molar-refractivity contribution is -0.123. The highest BCUT2D eigenvalue weighted by Crippen LogP contribution is 2.31. The van der Waals surface area contributed by atoms with Crippen LogP contribution < -0.4 is 19.6 Å². The van der Waals surface area contributed by atoms with Gasteiger partial charge in [0.15, 0.2) is 18.1 Å². The minimum absolute atomic E-state index is 0.203. The average molecular weight is 323 g/mol. The summed E-state index contributed by atoms with van der Waals surface area (Å²) in [4.78, 5) is 11.7. The molecule has 7 nitrogen and oxygen atoms in total. The second-order valence-corrected chi connectivity index (χ2v) is 4.80. The Morgan fingerprint density at radius 3 is 3.00 bits per heavy atom. The molecule has 0 fully saturated rings. The zero-order valence-corrected chi connectivity index (χ0v) is 12.6. The molecule has 24 heavy (non-hydrogen) atoms. The number of para-hydroxylation sites is 1. The average Bonchev–Trinajstić information content (AvgIpc) is 3.08. The van der Waals surface area contributed by atoms with Crippen LogP contribution in [0.5, 0.6) is 17.2 Å². The molecule has 0 spiro atoms. The monoisotopic (exact) mass is 323 g/mol. The maximum absolute atomic E-state index is 11.7. The van der Waals surface area contributed by atoms with E-state index in [9.17, 15) is 4.79 Å². The van der Waals surface area contributed by atoms with E-state index in [1.807, 2.05) is 6.07 Å². The van der Waals surface area contributed by atoms with E-state index in [-0.39, 0.29) is 13.4 Å². The zero-order chi connectivity index (χ0) is 16.8. The molecule has 0 radical (unpaired) electrons. The van der Waals surface area contributed by atoms with E-state index in [1.54, 1.807) is 42.5 Å². The van der Waals surface area contributed by atoms with Crippen molar-refractivity contribution in [2.75, 3.05) is 13.4 Å². The van der Waals surface area contributed by atoms with Crippen LogP contribution in [0.2, 0.25) is 0 Å². The van der Waals surface area contributed by atoms with Gasteiger partial charge in [0, 0.05) is 0 Å². The van der Waals surface area contributed by atoms with Crippen LogP contribution in [0.1, 0.15) is 11.1 Å². The number of hydrogen-bond acceptors (Lipinski definition) is 6. The molecule has 1 aliphatic heterocycles. The molecule has 0 aliphatic carbocycles. The Kier molecular flexibility index (Phi) is 4.58. The van der Waals surface area contributed by atoms with E-state index < -0.39 is 5.91 Å². The first-order valence-electron chi connectivity index (χ1n) is 7.10. The molecule has 120 valence electrons. The molecule has 0 aromatic heterocycles. The van der Waals surface area contributed by atoms with Gasteiger partial charge in [0.1, 0.15) is 11.8 Å². The van der Waals surface area contributed by atoms with Crippen molar-refractivity contribution in [3.63, 3.8) is 0 Å². The zero-order valence-electron chi connectivity index (χ0n) is 12.6. The predicted molar refractivity (Wildman–Crippen MR) is 85.0 cm³/mol. The van der Waals surface area contributed by atoms with Crippen molar-refractivity contribution in [3.05, 3.63) is 53.6 Å². The van der Waals surface area contributed by atoms with Gasteiger partial charge in [-0.2, -0.15) is 10.4 Å². The summed E-state index contributed by atoms with van der Waals surface area (Å²) in [6.07, 6.45) is 1.49. The molecular formula is C17H13N3O4. The quantitative estimate of drug-likeness (QED) is 0.669. The van der Waals surface area contributed by atoms with E-state index in [2.05, 4.69) is 10.5 Å². The van der Waals surface area contributed by atoms with Crippen molar-refractivity contribution in [2.24, 2.45) is 5.10 Å². The first kappa shape index (κ1) is 15.4. The molecule has 0 unspecified atom stereocenters. The molecule has 0 bridgehead atoms. The number of hydrazone groups is 1. The van der Waals surface area contributed by atoms with Gasteiger partial charge in [-0.1, -0.05) is 12.1 Å². The summed E-state index contributed by atoms with van der Waals surface area (Å²) in [6.45, 7) is -0.0364. The fourth-order valence-electron chi connectivity index (χ4n) is 2.03. The van der Waals surface area contributed by atoms with Crippen molar-refractivity contribution in [1.82, 2.24) is 5.43 Å². The lowest BCUT2D eigenvalue weighted by Crippen LogP contribution is -2.24. The van der Waals surface area contributed by atoms with E-state index in [1.165, 1.54) is 6.21 Å². The van der Waals surface area contributed by atoms with Gasteiger partial charge in [-0.3, -0.25) is 4.79 Å². The summed E-state index contributed by atoms with van der Waals surface area (Å²) in [5, 5.41) is 12.8. The maximum atomic E-state index is 11.7. The molecular weight excluding hydrogens is 310 g/mol. The molecule has 1 amide bonds. The number of nitrogens with zero attached hydrogens (tertiary/aromatic N) is 2. The van der Waals surface area contributed by atoms with Gasteiger partial charge in [0.05, 0.1) is 11.8 Å². The number of carbonyl (C=O) groups is 1. The SMILES string of the molecule is N#Cc1ccccc1OCC(=O)N/N=C/c1ccc2c(c1)OCO2. The Morgan fingerprint density at radius 1 is 1.29 bits per heavy atom. The number of fused-ring (bicyclic) bond motifs is 1. The Bertz CT molecular complexity index is 827. The fraction of sp³-hybridized carbons (Fsp3) is 0.118. The maximum Gasteiger partial charge on any atom is 0.277 e. The van der Waals surface area contributed by atoms with E-state index in [4.69, 9.17) is 19.5 Å². The number of hydrogen-bond donors (Lipinski definition) is 1. The molecule has 2 aromatic rings. The van der Waals surface area contributed by atoms with Crippen molar-refractivity contribution in [1.29, 1.82) is 5.26 Å². The van der Waals surface area contributed by atoms with Crippen LogP contribution in [-0.4, -0.2) is 25.5 Å². The molecule has 0 atom stereocenters. The van der Waals surface area contributed by atoms with Crippen molar-refractivity contribution in [2.45, 2.75) is 0 Å². The smallest absolute Gasteiger partial charge is 0.277 e. The third-order valence-electron chi connectivity index (χ3n) is 3.17. The summed E-state index contributed by atoms with van der Waals surface area (Å²) in [7, 11) is 0. The second-order valence-electron chi connectivity index (χ2n) is 4.80. The summed E-state index contributed by atoms with van der Waals surface area (Å²) in [6, 6.07) is 14.0. The van der Waals surface area contributed by atoms with Crippen LogP contribution in [0.25, 0.3) is 0 Å². The number of nitrogens with one attached hydrogen (secondary N) is 1. The van der Waals surface area contributed by atoms with Gasteiger partial charge in [-0.15, -0.1) is 0 Å². The standard InChI is InChI=1S/C17H13N3O4/c18-8-13-3-1-2-4-14(13)22-10-17(21)20-19-9-12-5-6-15-16(7-12)24-11-23-15/h1-7,9H,10-11H2,(H,20,21)/b19-9+. The van der Waals surface area contributed by atoms with Gasteiger partial charge >= 0.3 is 0 Å². The molecule has 0 saturated heterocycles. The predicted octanol–water partition coefficient (Wildman–Crippen LogP) is 1.82. The third-order valence-corrected chi connectivity index (χ3v) is 3.17. The van der Waals surface area contributed by atoms with Crippen LogP contribution in [0.4, 0.5) is 0 Å². The third kappa shape index (κ3) is 3.62. The molecule has 1 N–H and O–H groups in total. The van der Waals surface area contributed by atoms with Crippen LogP contribution in [0.3, 0.4) is 0 Å². The van der Waals surface area contributed by atoms with Crippen molar-refractivity contribution in [3.8, 4) is 23.3 Å². The van der Waals surface area contributed by atoms with E-state index >= 15 is 0 Å². The number of amides is 1. The first-order valence-corrected chi connectivity index (χ1v) is 7.10. The highest BCUT2D eigenvalue weighted by Gasteiger charge is 2.12. The minimum Gasteiger partial charge on any atom is -0.482 e. The highest BCUT2D eigenvalue weighted by atomic mass is 16.7. The summed E-state index contributed by atoms with van der Waals surface area (Å²) in [5.74, 6) is 1.25. The van der Waals surface area contributed by atoms with E-state index in [0.29, 0.717) is 22.8 Å². The summed E-state index contributed by atoms with van der Waals surface area (Å²) < 4.78 is 15.8.